The minimum absolute atomic E-state index is 0.0711. The SMILES string of the molecule is Nc1ccc(OC(F)(F)F)c(CS(=O)O)c1. The predicted octanol–water partition coefficient (Wildman–Crippen LogP) is 1.89. The molecule has 1 atom stereocenters. The van der Waals surface area contributed by atoms with Crippen molar-refractivity contribution in [2.75, 3.05) is 5.73 Å². The van der Waals surface area contributed by atoms with Crippen molar-refractivity contribution >= 4 is 16.8 Å². The minimum atomic E-state index is -4.85. The summed E-state index contributed by atoms with van der Waals surface area (Å²) in [5, 5.41) is 0. The highest BCUT2D eigenvalue weighted by molar-refractivity contribution is 7.78. The third kappa shape index (κ3) is 4.07. The van der Waals surface area contributed by atoms with Crippen LogP contribution in [-0.4, -0.2) is 15.1 Å². The van der Waals surface area contributed by atoms with Gasteiger partial charge in [-0.15, -0.1) is 13.2 Å². The number of hydrogen-bond donors (Lipinski definition) is 2. The molecule has 0 radical (unpaired) electrons. The maximum absolute atomic E-state index is 12.0. The molecular weight excluding hydrogens is 247 g/mol. The molecule has 1 rings (SSSR count). The van der Waals surface area contributed by atoms with Crippen molar-refractivity contribution in [3.8, 4) is 5.75 Å². The van der Waals surface area contributed by atoms with E-state index in [0.29, 0.717) is 0 Å². The summed E-state index contributed by atoms with van der Waals surface area (Å²) in [6.45, 7) is 0. The Morgan fingerprint density at radius 1 is 1.44 bits per heavy atom. The van der Waals surface area contributed by atoms with Crippen molar-refractivity contribution in [3.05, 3.63) is 23.8 Å². The Labute approximate surface area is 91.5 Å². The van der Waals surface area contributed by atoms with Gasteiger partial charge >= 0.3 is 6.36 Å². The van der Waals surface area contributed by atoms with Crippen LogP contribution >= 0.6 is 0 Å². The zero-order valence-electron chi connectivity index (χ0n) is 7.82. The van der Waals surface area contributed by atoms with E-state index in [0.717, 1.165) is 12.1 Å². The first-order valence-electron chi connectivity index (χ1n) is 3.99. The van der Waals surface area contributed by atoms with Crippen LogP contribution in [-0.2, 0) is 16.8 Å². The monoisotopic (exact) mass is 255 g/mol. The number of anilines is 1. The maximum Gasteiger partial charge on any atom is 0.573 e. The van der Waals surface area contributed by atoms with E-state index in [9.17, 15) is 17.4 Å². The standard InChI is InChI=1S/C8H8F3NO3S/c9-8(10,11)15-7-2-1-6(12)3-5(7)4-16(13)14/h1-3H,4,12H2,(H,13,14). The molecule has 1 unspecified atom stereocenters. The highest BCUT2D eigenvalue weighted by atomic mass is 32.2. The second-order valence-corrected chi connectivity index (χ2v) is 3.81. The Bertz CT molecular complexity index is 408. The van der Waals surface area contributed by atoms with Crippen molar-refractivity contribution < 1.29 is 26.7 Å². The normalized spacial score (nSPS) is 13.5. The molecule has 16 heavy (non-hydrogen) atoms. The first-order chi connectivity index (χ1) is 7.28. The van der Waals surface area contributed by atoms with Crippen molar-refractivity contribution in [1.82, 2.24) is 0 Å². The number of hydrogen-bond acceptors (Lipinski definition) is 3. The molecule has 0 spiro atoms. The van der Waals surface area contributed by atoms with Crippen LogP contribution in [0.5, 0.6) is 5.75 Å². The molecule has 4 nitrogen and oxygen atoms in total. The van der Waals surface area contributed by atoms with E-state index in [1.807, 2.05) is 0 Å². The summed E-state index contributed by atoms with van der Waals surface area (Å²) in [4.78, 5) is 0. The number of nitrogen functional groups attached to an aromatic ring is 1. The molecule has 0 saturated carbocycles. The molecule has 0 aliphatic rings. The molecule has 0 amide bonds. The van der Waals surface area contributed by atoms with E-state index in [1.165, 1.54) is 6.07 Å². The van der Waals surface area contributed by atoms with Crippen LogP contribution in [0, 0.1) is 0 Å². The summed E-state index contributed by atoms with van der Waals surface area (Å²) in [6, 6.07) is 3.38. The smallest absolute Gasteiger partial charge is 0.405 e. The molecule has 0 heterocycles. The molecule has 0 aliphatic carbocycles. The summed E-state index contributed by atoms with van der Waals surface area (Å²) in [5.74, 6) is -1.000. The third-order valence-corrected chi connectivity index (χ3v) is 2.15. The topological polar surface area (TPSA) is 72.5 Å². The van der Waals surface area contributed by atoms with Gasteiger partial charge in [0.15, 0.2) is 11.1 Å². The fourth-order valence-corrected chi connectivity index (χ4v) is 1.56. The Kier molecular flexibility index (Phi) is 3.76. The minimum Gasteiger partial charge on any atom is -0.405 e. The highest BCUT2D eigenvalue weighted by Gasteiger charge is 2.32. The number of benzene rings is 1. The quantitative estimate of drug-likeness (QED) is 0.639. The van der Waals surface area contributed by atoms with E-state index in [-0.39, 0.29) is 11.3 Å². The average molecular weight is 255 g/mol. The lowest BCUT2D eigenvalue weighted by atomic mass is 10.2. The Balaban J connectivity index is 3.02. The molecule has 3 N–H and O–H groups in total. The van der Waals surface area contributed by atoms with Crippen LogP contribution in [0.2, 0.25) is 0 Å². The Morgan fingerprint density at radius 2 is 2.06 bits per heavy atom. The second kappa shape index (κ2) is 4.71. The maximum atomic E-state index is 12.0. The molecule has 8 heteroatoms. The van der Waals surface area contributed by atoms with E-state index < -0.39 is 28.9 Å². The van der Waals surface area contributed by atoms with Gasteiger partial charge in [-0.3, -0.25) is 0 Å². The summed E-state index contributed by atoms with van der Waals surface area (Å²) >= 11 is -2.27. The second-order valence-electron chi connectivity index (χ2n) is 2.88. The number of halogens is 3. The van der Waals surface area contributed by atoms with Gasteiger partial charge in [0.1, 0.15) is 5.75 Å². The van der Waals surface area contributed by atoms with Crippen LogP contribution in [0.25, 0.3) is 0 Å². The largest absolute Gasteiger partial charge is 0.573 e. The fourth-order valence-electron chi connectivity index (χ4n) is 1.07. The molecule has 0 aliphatic heterocycles. The van der Waals surface area contributed by atoms with Crippen molar-refractivity contribution in [1.29, 1.82) is 0 Å². The lowest BCUT2D eigenvalue weighted by Crippen LogP contribution is -2.18. The molecule has 0 saturated heterocycles. The van der Waals surface area contributed by atoms with Gasteiger partial charge < -0.3 is 15.0 Å². The summed E-state index contributed by atoms with van der Waals surface area (Å²) in [7, 11) is 0. The molecule has 0 aromatic heterocycles. The van der Waals surface area contributed by atoms with Crippen LogP contribution in [0.3, 0.4) is 0 Å². The summed E-state index contributed by atoms with van der Waals surface area (Å²) in [6.07, 6.45) is -4.85. The molecule has 1 aromatic rings. The lowest BCUT2D eigenvalue weighted by Gasteiger charge is -2.12. The van der Waals surface area contributed by atoms with Gasteiger partial charge in [0.25, 0.3) is 0 Å². The van der Waals surface area contributed by atoms with Gasteiger partial charge in [-0.05, 0) is 18.2 Å². The zero-order chi connectivity index (χ0) is 12.3. The van der Waals surface area contributed by atoms with Crippen LogP contribution in [0.1, 0.15) is 5.56 Å². The van der Waals surface area contributed by atoms with Gasteiger partial charge in [-0.25, -0.2) is 4.21 Å². The van der Waals surface area contributed by atoms with E-state index >= 15 is 0 Å². The van der Waals surface area contributed by atoms with Crippen molar-refractivity contribution in [3.63, 3.8) is 0 Å². The van der Waals surface area contributed by atoms with Gasteiger partial charge in [0.05, 0.1) is 5.75 Å². The fraction of sp³-hybridized carbons (Fsp3) is 0.250. The molecule has 90 valence electrons. The number of nitrogens with two attached hydrogens (primary N) is 1. The molecular formula is C8H8F3NO3S. The van der Waals surface area contributed by atoms with Crippen molar-refractivity contribution in [2.45, 2.75) is 12.1 Å². The van der Waals surface area contributed by atoms with Gasteiger partial charge in [-0.2, -0.15) is 0 Å². The van der Waals surface area contributed by atoms with Crippen molar-refractivity contribution in [2.24, 2.45) is 0 Å². The molecule has 0 fully saturated rings. The average Bonchev–Trinajstić information content (AvgIpc) is 2.06. The Morgan fingerprint density at radius 3 is 2.56 bits per heavy atom. The number of alkyl halides is 3. The molecule has 0 bridgehead atoms. The summed E-state index contributed by atoms with van der Waals surface area (Å²) < 4.78 is 58.7. The van der Waals surface area contributed by atoms with E-state index in [1.54, 1.807) is 0 Å². The van der Waals surface area contributed by atoms with E-state index in [2.05, 4.69) is 4.74 Å². The highest BCUT2D eigenvalue weighted by Crippen LogP contribution is 2.28. The first kappa shape index (κ1) is 12.8. The number of rotatable bonds is 3. The van der Waals surface area contributed by atoms with Gasteiger partial charge in [-0.1, -0.05) is 0 Å². The lowest BCUT2D eigenvalue weighted by molar-refractivity contribution is -0.274. The summed E-state index contributed by atoms with van der Waals surface area (Å²) in [5.41, 5.74) is 5.47. The third-order valence-electron chi connectivity index (χ3n) is 1.59. The zero-order valence-corrected chi connectivity index (χ0v) is 8.64. The van der Waals surface area contributed by atoms with Crippen LogP contribution in [0.15, 0.2) is 18.2 Å². The Hall–Kier alpha value is -1.28. The first-order valence-corrected chi connectivity index (χ1v) is 5.27. The molecule has 1 aromatic carbocycles. The predicted molar refractivity (Wildman–Crippen MR) is 52.0 cm³/mol. The number of ether oxygens (including phenoxy) is 1. The van der Waals surface area contributed by atoms with Crippen LogP contribution < -0.4 is 10.5 Å². The van der Waals surface area contributed by atoms with Crippen LogP contribution in [0.4, 0.5) is 18.9 Å². The van der Waals surface area contributed by atoms with Gasteiger partial charge in [0, 0.05) is 11.3 Å². The van der Waals surface area contributed by atoms with E-state index in [4.69, 9.17) is 10.3 Å². The van der Waals surface area contributed by atoms with Gasteiger partial charge in [0.2, 0.25) is 0 Å².